The van der Waals surface area contributed by atoms with Crippen molar-refractivity contribution in [3.63, 3.8) is 0 Å². The zero-order valence-corrected chi connectivity index (χ0v) is 9.77. The van der Waals surface area contributed by atoms with Crippen LogP contribution in [-0.4, -0.2) is 4.98 Å². The zero-order chi connectivity index (χ0) is 12.3. The Morgan fingerprint density at radius 1 is 1.18 bits per heavy atom. The highest BCUT2D eigenvalue weighted by Gasteiger charge is 1.99. The summed E-state index contributed by atoms with van der Waals surface area (Å²) >= 11 is 0. The molecule has 0 aliphatic heterocycles. The molecule has 4 nitrogen and oxygen atoms in total. The molecule has 0 saturated heterocycles. The molecule has 1 aromatic carbocycles. The molecule has 0 aliphatic carbocycles. The van der Waals surface area contributed by atoms with Gasteiger partial charge in [-0.3, -0.25) is 0 Å². The van der Waals surface area contributed by atoms with Crippen LogP contribution in [-0.2, 0) is 6.54 Å². The van der Waals surface area contributed by atoms with E-state index in [9.17, 15) is 0 Å². The summed E-state index contributed by atoms with van der Waals surface area (Å²) in [6.07, 6.45) is 0. The number of nitrogens with zero attached hydrogens (tertiary/aromatic N) is 1. The number of aryl methyl sites for hydroxylation is 1. The molecule has 0 unspecified atom stereocenters. The maximum atomic E-state index is 5.64. The van der Waals surface area contributed by atoms with Crippen molar-refractivity contribution >= 4 is 17.3 Å². The fraction of sp³-hybridized carbons (Fsp3) is 0.154. The van der Waals surface area contributed by atoms with E-state index in [0.29, 0.717) is 11.5 Å². The summed E-state index contributed by atoms with van der Waals surface area (Å²) in [7, 11) is 0. The third-order valence-corrected chi connectivity index (χ3v) is 2.51. The van der Waals surface area contributed by atoms with E-state index in [4.69, 9.17) is 11.5 Å². The number of nitrogens with one attached hydrogen (secondary N) is 1. The molecule has 2 aromatic rings. The van der Waals surface area contributed by atoms with Crippen molar-refractivity contribution < 1.29 is 0 Å². The largest absolute Gasteiger partial charge is 0.396 e. The van der Waals surface area contributed by atoms with Crippen LogP contribution in [0.25, 0.3) is 0 Å². The fourth-order valence-electron chi connectivity index (χ4n) is 1.60. The minimum absolute atomic E-state index is 0.360. The number of hydrogen-bond donors (Lipinski definition) is 3. The van der Waals surface area contributed by atoms with Gasteiger partial charge in [0.25, 0.3) is 0 Å². The van der Waals surface area contributed by atoms with Crippen LogP contribution in [0.3, 0.4) is 0 Å². The summed E-state index contributed by atoms with van der Waals surface area (Å²) in [5, 5.41) is 3.21. The van der Waals surface area contributed by atoms with Crippen molar-refractivity contribution in [2.45, 2.75) is 13.5 Å². The number of anilines is 3. The van der Waals surface area contributed by atoms with Gasteiger partial charge in [-0.1, -0.05) is 29.8 Å². The lowest BCUT2D eigenvalue weighted by Gasteiger charge is -2.08. The SMILES string of the molecule is Cc1cccc(CNc2ccc(N)c(N)n2)c1. The Morgan fingerprint density at radius 3 is 2.71 bits per heavy atom. The number of nitrogen functional groups attached to an aromatic ring is 2. The summed E-state index contributed by atoms with van der Waals surface area (Å²) in [4.78, 5) is 4.15. The lowest BCUT2D eigenvalue weighted by molar-refractivity contribution is 1.11. The van der Waals surface area contributed by atoms with Crippen molar-refractivity contribution in [1.29, 1.82) is 0 Å². The number of aromatic nitrogens is 1. The van der Waals surface area contributed by atoms with E-state index in [-0.39, 0.29) is 0 Å². The Hall–Kier alpha value is -2.23. The van der Waals surface area contributed by atoms with E-state index < -0.39 is 0 Å². The Morgan fingerprint density at radius 2 is 2.00 bits per heavy atom. The van der Waals surface area contributed by atoms with Gasteiger partial charge in [0.2, 0.25) is 0 Å². The lowest BCUT2D eigenvalue weighted by Crippen LogP contribution is -2.04. The third-order valence-electron chi connectivity index (χ3n) is 2.51. The van der Waals surface area contributed by atoms with Crippen molar-refractivity contribution in [1.82, 2.24) is 4.98 Å². The number of rotatable bonds is 3. The van der Waals surface area contributed by atoms with Gasteiger partial charge in [0.15, 0.2) is 0 Å². The monoisotopic (exact) mass is 228 g/mol. The second-order valence-corrected chi connectivity index (χ2v) is 4.01. The molecule has 17 heavy (non-hydrogen) atoms. The highest BCUT2D eigenvalue weighted by atomic mass is 15.0. The van der Waals surface area contributed by atoms with Gasteiger partial charge in [-0.05, 0) is 24.6 Å². The maximum Gasteiger partial charge on any atom is 0.149 e. The minimum atomic E-state index is 0.360. The molecule has 1 aromatic heterocycles. The predicted molar refractivity (Wildman–Crippen MR) is 71.6 cm³/mol. The minimum Gasteiger partial charge on any atom is -0.396 e. The molecule has 0 atom stereocenters. The summed E-state index contributed by atoms with van der Waals surface area (Å²) in [5.41, 5.74) is 14.2. The van der Waals surface area contributed by atoms with Crippen LogP contribution in [0, 0.1) is 6.92 Å². The molecule has 5 N–H and O–H groups in total. The van der Waals surface area contributed by atoms with Crippen LogP contribution in [0.15, 0.2) is 36.4 Å². The van der Waals surface area contributed by atoms with Gasteiger partial charge in [-0.15, -0.1) is 0 Å². The number of hydrogen-bond acceptors (Lipinski definition) is 4. The van der Waals surface area contributed by atoms with E-state index in [2.05, 4.69) is 35.4 Å². The molecule has 0 saturated carbocycles. The number of benzene rings is 1. The zero-order valence-electron chi connectivity index (χ0n) is 9.77. The second kappa shape index (κ2) is 4.74. The van der Waals surface area contributed by atoms with Crippen LogP contribution >= 0.6 is 0 Å². The van der Waals surface area contributed by atoms with Crippen molar-refractivity contribution in [2.75, 3.05) is 16.8 Å². The smallest absolute Gasteiger partial charge is 0.149 e. The highest BCUT2D eigenvalue weighted by molar-refractivity contribution is 5.61. The third kappa shape index (κ3) is 2.87. The molecule has 1 heterocycles. The van der Waals surface area contributed by atoms with Crippen molar-refractivity contribution in [3.8, 4) is 0 Å². The molecule has 0 bridgehead atoms. The standard InChI is InChI=1S/C13H16N4/c1-9-3-2-4-10(7-9)8-16-12-6-5-11(14)13(15)17-12/h2-7H,8,14H2,1H3,(H3,15,16,17). The number of pyridine rings is 1. The second-order valence-electron chi connectivity index (χ2n) is 4.01. The molecule has 0 radical (unpaired) electrons. The van der Waals surface area contributed by atoms with Crippen molar-refractivity contribution in [3.05, 3.63) is 47.5 Å². The molecule has 0 amide bonds. The van der Waals surface area contributed by atoms with Crippen LogP contribution in [0.5, 0.6) is 0 Å². The van der Waals surface area contributed by atoms with Gasteiger partial charge in [0.1, 0.15) is 11.6 Å². The van der Waals surface area contributed by atoms with Crippen LogP contribution in [0.1, 0.15) is 11.1 Å². The molecule has 4 heteroatoms. The molecule has 2 rings (SSSR count). The topological polar surface area (TPSA) is 77.0 Å². The van der Waals surface area contributed by atoms with Crippen molar-refractivity contribution in [2.24, 2.45) is 0 Å². The van der Waals surface area contributed by atoms with E-state index in [1.165, 1.54) is 11.1 Å². The summed E-state index contributed by atoms with van der Waals surface area (Å²) in [5.74, 6) is 1.09. The summed E-state index contributed by atoms with van der Waals surface area (Å²) in [6.45, 7) is 2.79. The summed E-state index contributed by atoms with van der Waals surface area (Å²) in [6, 6.07) is 11.9. The normalized spacial score (nSPS) is 10.2. The molecule has 0 aliphatic rings. The first-order valence-electron chi connectivity index (χ1n) is 5.46. The van der Waals surface area contributed by atoms with E-state index in [1.807, 2.05) is 12.1 Å². The van der Waals surface area contributed by atoms with Crippen LogP contribution in [0.2, 0.25) is 0 Å². The number of nitrogens with two attached hydrogens (primary N) is 2. The first-order valence-corrected chi connectivity index (χ1v) is 5.46. The first kappa shape index (κ1) is 11.3. The Bertz CT molecular complexity index is 523. The first-order chi connectivity index (χ1) is 8.15. The van der Waals surface area contributed by atoms with Gasteiger partial charge >= 0.3 is 0 Å². The average Bonchev–Trinajstić information content (AvgIpc) is 2.31. The molecular formula is C13H16N4. The molecule has 0 spiro atoms. The van der Waals surface area contributed by atoms with E-state index in [1.54, 1.807) is 6.07 Å². The lowest BCUT2D eigenvalue weighted by atomic mass is 10.1. The fourth-order valence-corrected chi connectivity index (χ4v) is 1.60. The average molecular weight is 228 g/mol. The van der Waals surface area contributed by atoms with Gasteiger partial charge in [-0.2, -0.15) is 0 Å². The highest BCUT2D eigenvalue weighted by Crippen LogP contribution is 2.15. The Labute approximate surface area is 101 Å². The van der Waals surface area contributed by atoms with Gasteiger partial charge < -0.3 is 16.8 Å². The Kier molecular flexibility index (Phi) is 3.14. The maximum absolute atomic E-state index is 5.64. The van der Waals surface area contributed by atoms with E-state index >= 15 is 0 Å². The quantitative estimate of drug-likeness (QED) is 0.752. The van der Waals surface area contributed by atoms with Crippen LogP contribution in [0.4, 0.5) is 17.3 Å². The Balaban J connectivity index is 2.05. The van der Waals surface area contributed by atoms with Gasteiger partial charge in [0.05, 0.1) is 5.69 Å². The predicted octanol–water partition coefficient (Wildman–Crippen LogP) is 2.17. The molecule has 88 valence electrons. The summed E-state index contributed by atoms with van der Waals surface area (Å²) < 4.78 is 0. The van der Waals surface area contributed by atoms with Gasteiger partial charge in [-0.25, -0.2) is 4.98 Å². The van der Waals surface area contributed by atoms with E-state index in [0.717, 1.165) is 12.4 Å². The van der Waals surface area contributed by atoms with Gasteiger partial charge in [0, 0.05) is 6.54 Å². The molecular weight excluding hydrogens is 212 g/mol. The van der Waals surface area contributed by atoms with Crippen LogP contribution < -0.4 is 16.8 Å². The molecule has 0 fully saturated rings.